The molecule has 0 fully saturated rings. The molecule has 0 radical (unpaired) electrons. The van der Waals surface area contributed by atoms with Crippen molar-refractivity contribution >= 4 is 5.78 Å². The Morgan fingerprint density at radius 3 is 2.29 bits per heavy atom. The maximum atomic E-state index is 12.2. The third-order valence-corrected chi connectivity index (χ3v) is 4.10. The Balaban J connectivity index is 2.49. The highest BCUT2D eigenvalue weighted by molar-refractivity contribution is 5.91. The summed E-state index contributed by atoms with van der Waals surface area (Å²) in [4.78, 5) is 12.2. The zero-order valence-corrected chi connectivity index (χ0v) is 12.7. The van der Waals surface area contributed by atoms with Crippen LogP contribution in [0.3, 0.4) is 0 Å². The lowest BCUT2D eigenvalue weighted by Gasteiger charge is -2.24. The summed E-state index contributed by atoms with van der Waals surface area (Å²) in [5, 5.41) is 9.71. The highest BCUT2D eigenvalue weighted by Crippen LogP contribution is 2.30. The molecule has 0 amide bonds. The van der Waals surface area contributed by atoms with Crippen LogP contribution < -0.4 is 0 Å². The van der Waals surface area contributed by atoms with Crippen molar-refractivity contribution in [2.24, 2.45) is 0 Å². The highest BCUT2D eigenvalue weighted by atomic mass is 16.1. The molecule has 0 aromatic heterocycles. The van der Waals surface area contributed by atoms with Crippen molar-refractivity contribution < 1.29 is 4.79 Å². The summed E-state index contributed by atoms with van der Waals surface area (Å²) in [6.07, 6.45) is 0.407. The largest absolute Gasteiger partial charge is 0.298 e. The van der Waals surface area contributed by atoms with E-state index in [1.165, 1.54) is 18.1 Å². The minimum atomic E-state index is -1.11. The number of ketones is 1. The van der Waals surface area contributed by atoms with Gasteiger partial charge in [0, 0.05) is 6.42 Å². The molecule has 0 saturated carbocycles. The van der Waals surface area contributed by atoms with E-state index in [0.29, 0.717) is 6.42 Å². The SMILES string of the molecule is CC(=O)C(C#N)(Cc1ccc(C)c(C)c1)c1ccccc1. The molecule has 0 saturated heterocycles. The Kier molecular flexibility index (Phi) is 4.23. The Hall–Kier alpha value is -2.40. The van der Waals surface area contributed by atoms with E-state index in [1.807, 2.05) is 49.4 Å². The lowest BCUT2D eigenvalue weighted by molar-refractivity contribution is -0.120. The van der Waals surface area contributed by atoms with E-state index < -0.39 is 5.41 Å². The first-order valence-corrected chi connectivity index (χ1v) is 7.03. The van der Waals surface area contributed by atoms with Crippen LogP contribution in [0.25, 0.3) is 0 Å². The predicted molar refractivity (Wildman–Crippen MR) is 84.0 cm³/mol. The van der Waals surface area contributed by atoms with Crippen LogP contribution in [0.1, 0.15) is 29.2 Å². The van der Waals surface area contributed by atoms with Crippen LogP contribution in [-0.4, -0.2) is 5.78 Å². The molecule has 0 aliphatic heterocycles. The average Bonchev–Trinajstić information content (AvgIpc) is 2.49. The van der Waals surface area contributed by atoms with Crippen LogP contribution in [0, 0.1) is 25.2 Å². The molecule has 0 bridgehead atoms. The summed E-state index contributed by atoms with van der Waals surface area (Å²) in [6.45, 7) is 5.60. The Bertz CT molecular complexity index is 697. The molecule has 0 aliphatic carbocycles. The normalized spacial score (nSPS) is 13.2. The number of carbonyl (C=O) groups excluding carboxylic acids is 1. The fraction of sp³-hybridized carbons (Fsp3) is 0.263. The highest BCUT2D eigenvalue weighted by Gasteiger charge is 2.37. The van der Waals surface area contributed by atoms with Gasteiger partial charge >= 0.3 is 0 Å². The van der Waals surface area contributed by atoms with Gasteiger partial charge in [0.25, 0.3) is 0 Å². The molecule has 0 heterocycles. The summed E-state index contributed by atoms with van der Waals surface area (Å²) < 4.78 is 0. The number of nitriles is 1. The second-order valence-corrected chi connectivity index (χ2v) is 5.53. The van der Waals surface area contributed by atoms with Crippen LogP contribution in [-0.2, 0) is 16.6 Å². The number of benzene rings is 2. The summed E-state index contributed by atoms with van der Waals surface area (Å²) in [7, 11) is 0. The Morgan fingerprint density at radius 2 is 1.76 bits per heavy atom. The third kappa shape index (κ3) is 2.87. The number of hydrogen-bond donors (Lipinski definition) is 0. The van der Waals surface area contributed by atoms with Gasteiger partial charge in [-0.2, -0.15) is 5.26 Å². The number of rotatable bonds is 4. The lowest BCUT2D eigenvalue weighted by atomic mass is 9.73. The maximum Gasteiger partial charge on any atom is 0.154 e. The van der Waals surface area contributed by atoms with Gasteiger partial charge in [-0.1, -0.05) is 48.5 Å². The lowest BCUT2D eigenvalue weighted by Crippen LogP contribution is -2.35. The van der Waals surface area contributed by atoms with Gasteiger partial charge in [-0.25, -0.2) is 0 Å². The van der Waals surface area contributed by atoms with Gasteiger partial charge in [0.05, 0.1) is 6.07 Å². The standard InChI is InChI=1S/C19H19NO/c1-14-9-10-17(11-15(14)2)12-19(13-20,16(3)21)18-7-5-4-6-8-18/h4-11H,12H2,1-3H3. The summed E-state index contributed by atoms with van der Waals surface area (Å²) in [5.41, 5.74) is 3.06. The van der Waals surface area contributed by atoms with Crippen molar-refractivity contribution in [2.75, 3.05) is 0 Å². The van der Waals surface area contributed by atoms with Gasteiger partial charge in [0.2, 0.25) is 0 Å². The van der Waals surface area contributed by atoms with Gasteiger partial charge in [-0.3, -0.25) is 4.79 Å². The van der Waals surface area contributed by atoms with Crippen LogP contribution in [0.4, 0.5) is 0 Å². The Morgan fingerprint density at radius 1 is 1.10 bits per heavy atom. The molecule has 21 heavy (non-hydrogen) atoms. The fourth-order valence-electron chi connectivity index (χ4n) is 2.55. The van der Waals surface area contributed by atoms with Crippen LogP contribution in [0.15, 0.2) is 48.5 Å². The molecule has 2 nitrogen and oxygen atoms in total. The number of hydrogen-bond acceptors (Lipinski definition) is 2. The minimum Gasteiger partial charge on any atom is -0.298 e. The molecule has 2 rings (SSSR count). The van der Waals surface area contributed by atoms with E-state index >= 15 is 0 Å². The number of aryl methyl sites for hydroxylation is 2. The molecule has 2 heteroatoms. The van der Waals surface area contributed by atoms with Crippen molar-refractivity contribution in [1.29, 1.82) is 5.26 Å². The molecular weight excluding hydrogens is 258 g/mol. The first-order chi connectivity index (χ1) is 9.99. The summed E-state index contributed by atoms with van der Waals surface area (Å²) in [6, 6.07) is 17.7. The smallest absolute Gasteiger partial charge is 0.154 e. The number of carbonyl (C=O) groups is 1. The van der Waals surface area contributed by atoms with E-state index in [-0.39, 0.29) is 5.78 Å². The van der Waals surface area contributed by atoms with Crippen LogP contribution in [0.2, 0.25) is 0 Å². The minimum absolute atomic E-state index is 0.116. The zero-order valence-electron chi connectivity index (χ0n) is 12.7. The second kappa shape index (κ2) is 5.93. The molecule has 0 N–H and O–H groups in total. The summed E-state index contributed by atoms with van der Waals surface area (Å²) in [5.74, 6) is -0.116. The van der Waals surface area contributed by atoms with Gasteiger partial charge in [-0.15, -0.1) is 0 Å². The van der Waals surface area contributed by atoms with Crippen molar-refractivity contribution in [3.8, 4) is 6.07 Å². The van der Waals surface area contributed by atoms with Crippen molar-refractivity contribution in [3.63, 3.8) is 0 Å². The zero-order chi connectivity index (χ0) is 15.5. The average molecular weight is 277 g/mol. The maximum absolute atomic E-state index is 12.2. The van der Waals surface area contributed by atoms with Gasteiger partial charge in [-0.05, 0) is 43.0 Å². The molecule has 1 unspecified atom stereocenters. The topological polar surface area (TPSA) is 40.9 Å². The van der Waals surface area contributed by atoms with E-state index in [0.717, 1.165) is 11.1 Å². The molecule has 2 aromatic rings. The van der Waals surface area contributed by atoms with Crippen LogP contribution >= 0.6 is 0 Å². The quantitative estimate of drug-likeness (QED) is 0.850. The predicted octanol–water partition coefficient (Wildman–Crippen LogP) is 3.90. The fourth-order valence-corrected chi connectivity index (χ4v) is 2.55. The van der Waals surface area contributed by atoms with E-state index in [4.69, 9.17) is 0 Å². The van der Waals surface area contributed by atoms with E-state index in [2.05, 4.69) is 19.1 Å². The van der Waals surface area contributed by atoms with Crippen LogP contribution in [0.5, 0.6) is 0 Å². The van der Waals surface area contributed by atoms with Crippen molar-refractivity contribution in [3.05, 3.63) is 70.8 Å². The number of Topliss-reactive ketones (excluding diaryl/α,β-unsaturated/α-hetero) is 1. The van der Waals surface area contributed by atoms with Gasteiger partial charge < -0.3 is 0 Å². The molecule has 1 atom stereocenters. The first-order valence-electron chi connectivity index (χ1n) is 7.03. The van der Waals surface area contributed by atoms with Crippen molar-refractivity contribution in [1.82, 2.24) is 0 Å². The third-order valence-electron chi connectivity index (χ3n) is 4.10. The molecule has 0 aliphatic rings. The van der Waals surface area contributed by atoms with Gasteiger partial charge in [0.1, 0.15) is 5.41 Å². The van der Waals surface area contributed by atoms with E-state index in [9.17, 15) is 10.1 Å². The second-order valence-electron chi connectivity index (χ2n) is 5.53. The monoisotopic (exact) mass is 277 g/mol. The molecule has 106 valence electrons. The molecule has 0 spiro atoms. The molecule has 2 aromatic carbocycles. The molecular formula is C19H19NO. The number of nitrogens with zero attached hydrogens (tertiary/aromatic N) is 1. The van der Waals surface area contributed by atoms with Crippen molar-refractivity contribution in [2.45, 2.75) is 32.6 Å². The van der Waals surface area contributed by atoms with E-state index in [1.54, 1.807) is 0 Å². The summed E-state index contributed by atoms with van der Waals surface area (Å²) >= 11 is 0. The van der Waals surface area contributed by atoms with Gasteiger partial charge in [0.15, 0.2) is 5.78 Å². The first kappa shape index (κ1) is 15.0. The Labute approximate surface area is 126 Å².